The van der Waals surface area contributed by atoms with Crippen LogP contribution in [0.4, 0.5) is 10.1 Å². The van der Waals surface area contributed by atoms with Gasteiger partial charge in [0.2, 0.25) is 0 Å². The molecule has 1 saturated heterocycles. The van der Waals surface area contributed by atoms with Crippen LogP contribution >= 0.6 is 0 Å². The first kappa shape index (κ1) is 15.1. The molecule has 1 fully saturated rings. The van der Waals surface area contributed by atoms with Crippen molar-refractivity contribution in [2.45, 2.75) is 12.3 Å². The number of likely N-dealkylation sites (tertiary alicyclic amines) is 1. The third kappa shape index (κ3) is 3.53. The van der Waals surface area contributed by atoms with Crippen LogP contribution in [0.15, 0.2) is 48.8 Å². The lowest BCUT2D eigenvalue weighted by Crippen LogP contribution is -2.38. The topological polar surface area (TPSA) is 62.3 Å². The van der Waals surface area contributed by atoms with E-state index >= 15 is 0 Å². The minimum Gasteiger partial charge on any atom is -0.334 e. The maximum Gasteiger partial charge on any atom is 0.313 e. The summed E-state index contributed by atoms with van der Waals surface area (Å²) in [5.41, 5.74) is 1.33. The molecule has 5 nitrogen and oxygen atoms in total. The molecule has 0 aliphatic carbocycles. The predicted molar refractivity (Wildman–Crippen MR) is 83.2 cm³/mol. The number of anilines is 1. The first-order chi connectivity index (χ1) is 11.1. The molecule has 0 radical (unpaired) electrons. The molecule has 1 atom stereocenters. The van der Waals surface area contributed by atoms with Crippen molar-refractivity contribution in [1.29, 1.82) is 0 Å². The van der Waals surface area contributed by atoms with E-state index in [2.05, 4.69) is 10.3 Å². The maximum absolute atomic E-state index is 13.3. The van der Waals surface area contributed by atoms with Crippen LogP contribution in [0.2, 0.25) is 0 Å². The van der Waals surface area contributed by atoms with Crippen LogP contribution in [-0.2, 0) is 9.59 Å². The number of amides is 2. The molecule has 0 saturated carbocycles. The summed E-state index contributed by atoms with van der Waals surface area (Å²) < 4.78 is 13.3. The van der Waals surface area contributed by atoms with Crippen LogP contribution in [0.3, 0.4) is 0 Å². The molecule has 1 aromatic heterocycles. The van der Waals surface area contributed by atoms with Gasteiger partial charge in [-0.2, -0.15) is 0 Å². The number of benzene rings is 1. The van der Waals surface area contributed by atoms with Crippen LogP contribution in [0.1, 0.15) is 17.9 Å². The molecule has 3 rings (SSSR count). The van der Waals surface area contributed by atoms with Crippen molar-refractivity contribution >= 4 is 17.5 Å². The monoisotopic (exact) mass is 313 g/mol. The van der Waals surface area contributed by atoms with Crippen molar-refractivity contribution in [3.63, 3.8) is 0 Å². The summed E-state index contributed by atoms with van der Waals surface area (Å²) in [5.74, 6) is -1.49. The van der Waals surface area contributed by atoms with Gasteiger partial charge in [0.1, 0.15) is 5.82 Å². The third-order valence-corrected chi connectivity index (χ3v) is 3.91. The Kier molecular flexibility index (Phi) is 4.32. The zero-order valence-electron chi connectivity index (χ0n) is 12.4. The molecular weight excluding hydrogens is 297 g/mol. The van der Waals surface area contributed by atoms with Gasteiger partial charge in [0.15, 0.2) is 0 Å². The highest BCUT2D eigenvalue weighted by Crippen LogP contribution is 2.27. The quantitative estimate of drug-likeness (QED) is 0.864. The molecule has 1 aliphatic heterocycles. The fourth-order valence-corrected chi connectivity index (χ4v) is 2.74. The standard InChI is InChI=1S/C17H16FN3O2/c18-14-4-1-3-12(9-14)13-6-8-21(11-13)17(23)16(22)20-15-5-2-7-19-10-15/h1-5,7,9-10,13H,6,8,11H2,(H,20,22)/t13-/m0/s1. The fourth-order valence-electron chi connectivity index (χ4n) is 2.74. The van der Waals surface area contributed by atoms with E-state index in [1.807, 2.05) is 6.07 Å². The summed E-state index contributed by atoms with van der Waals surface area (Å²) in [4.78, 5) is 29.6. The fraction of sp³-hybridized carbons (Fsp3) is 0.235. The Morgan fingerprint density at radius 1 is 1.26 bits per heavy atom. The summed E-state index contributed by atoms with van der Waals surface area (Å²) in [6, 6.07) is 9.71. The summed E-state index contributed by atoms with van der Waals surface area (Å²) in [5, 5.41) is 2.53. The van der Waals surface area contributed by atoms with Gasteiger partial charge in [0, 0.05) is 25.2 Å². The molecule has 2 amide bonds. The zero-order valence-corrected chi connectivity index (χ0v) is 12.4. The number of halogens is 1. The van der Waals surface area contributed by atoms with Crippen LogP contribution in [0.25, 0.3) is 0 Å². The number of nitrogens with zero attached hydrogens (tertiary/aromatic N) is 2. The number of pyridine rings is 1. The first-order valence-electron chi connectivity index (χ1n) is 7.39. The average molecular weight is 313 g/mol. The SMILES string of the molecule is O=C(Nc1cccnc1)C(=O)N1CC[C@H](c2cccc(F)c2)C1. The van der Waals surface area contributed by atoms with Gasteiger partial charge < -0.3 is 10.2 Å². The van der Waals surface area contributed by atoms with Gasteiger partial charge in [-0.25, -0.2) is 4.39 Å². The van der Waals surface area contributed by atoms with Gasteiger partial charge in [-0.15, -0.1) is 0 Å². The maximum atomic E-state index is 13.3. The van der Waals surface area contributed by atoms with Crippen LogP contribution in [-0.4, -0.2) is 34.8 Å². The molecule has 6 heteroatoms. The van der Waals surface area contributed by atoms with E-state index in [1.54, 1.807) is 24.4 Å². The Balaban J connectivity index is 1.62. The highest BCUT2D eigenvalue weighted by atomic mass is 19.1. The third-order valence-electron chi connectivity index (χ3n) is 3.91. The number of aromatic nitrogens is 1. The minimum atomic E-state index is -0.683. The Morgan fingerprint density at radius 3 is 2.87 bits per heavy atom. The van der Waals surface area contributed by atoms with E-state index in [0.717, 1.165) is 12.0 Å². The summed E-state index contributed by atoms with van der Waals surface area (Å²) in [7, 11) is 0. The minimum absolute atomic E-state index is 0.0563. The number of carbonyl (C=O) groups excluding carboxylic acids is 2. The molecular formula is C17H16FN3O2. The number of hydrogen-bond donors (Lipinski definition) is 1. The Hall–Kier alpha value is -2.76. The van der Waals surface area contributed by atoms with Gasteiger partial charge in [-0.1, -0.05) is 12.1 Å². The largest absolute Gasteiger partial charge is 0.334 e. The Morgan fingerprint density at radius 2 is 2.13 bits per heavy atom. The van der Waals surface area contributed by atoms with Crippen LogP contribution in [0.5, 0.6) is 0 Å². The lowest BCUT2D eigenvalue weighted by atomic mass is 9.98. The second kappa shape index (κ2) is 6.56. The lowest BCUT2D eigenvalue weighted by Gasteiger charge is -2.16. The summed E-state index contributed by atoms with van der Waals surface area (Å²) in [6.45, 7) is 0.906. The van der Waals surface area contributed by atoms with E-state index in [4.69, 9.17) is 0 Å². The van der Waals surface area contributed by atoms with Gasteiger partial charge in [-0.05, 0) is 36.2 Å². The van der Waals surface area contributed by atoms with E-state index in [0.29, 0.717) is 18.8 Å². The van der Waals surface area contributed by atoms with Gasteiger partial charge in [0.05, 0.1) is 11.9 Å². The Labute approximate surface area is 133 Å². The van der Waals surface area contributed by atoms with E-state index in [9.17, 15) is 14.0 Å². The molecule has 23 heavy (non-hydrogen) atoms. The first-order valence-corrected chi connectivity index (χ1v) is 7.39. The zero-order chi connectivity index (χ0) is 16.2. The second-order valence-corrected chi connectivity index (χ2v) is 5.49. The number of hydrogen-bond acceptors (Lipinski definition) is 3. The van der Waals surface area contributed by atoms with Gasteiger partial charge in [-0.3, -0.25) is 14.6 Å². The average Bonchev–Trinajstić information content (AvgIpc) is 3.05. The normalized spacial score (nSPS) is 17.1. The van der Waals surface area contributed by atoms with E-state index < -0.39 is 11.8 Å². The summed E-state index contributed by atoms with van der Waals surface area (Å²) in [6.07, 6.45) is 3.78. The number of nitrogens with one attached hydrogen (secondary N) is 1. The van der Waals surface area contributed by atoms with Crippen molar-refractivity contribution in [3.8, 4) is 0 Å². The van der Waals surface area contributed by atoms with Crippen molar-refractivity contribution in [2.75, 3.05) is 18.4 Å². The van der Waals surface area contributed by atoms with E-state index in [-0.39, 0.29) is 11.7 Å². The molecule has 1 aromatic carbocycles. The number of rotatable bonds is 2. The molecule has 2 heterocycles. The molecule has 0 unspecified atom stereocenters. The van der Waals surface area contributed by atoms with Gasteiger partial charge in [0.25, 0.3) is 0 Å². The molecule has 0 bridgehead atoms. The molecule has 2 aromatic rings. The van der Waals surface area contributed by atoms with Gasteiger partial charge >= 0.3 is 11.8 Å². The molecule has 0 spiro atoms. The van der Waals surface area contributed by atoms with Crippen molar-refractivity contribution in [1.82, 2.24) is 9.88 Å². The van der Waals surface area contributed by atoms with Crippen molar-refractivity contribution in [3.05, 3.63) is 60.2 Å². The highest BCUT2D eigenvalue weighted by molar-refractivity contribution is 6.39. The highest BCUT2D eigenvalue weighted by Gasteiger charge is 2.30. The second-order valence-electron chi connectivity index (χ2n) is 5.49. The van der Waals surface area contributed by atoms with Crippen LogP contribution in [0, 0.1) is 5.82 Å². The van der Waals surface area contributed by atoms with E-state index in [1.165, 1.54) is 23.2 Å². The van der Waals surface area contributed by atoms with Crippen molar-refractivity contribution < 1.29 is 14.0 Å². The smallest absolute Gasteiger partial charge is 0.313 e. The number of carbonyl (C=O) groups is 2. The predicted octanol–water partition coefficient (Wildman–Crippen LogP) is 2.18. The van der Waals surface area contributed by atoms with Crippen molar-refractivity contribution in [2.24, 2.45) is 0 Å². The summed E-state index contributed by atoms with van der Waals surface area (Å²) >= 11 is 0. The molecule has 118 valence electrons. The Bertz CT molecular complexity index is 721. The lowest BCUT2D eigenvalue weighted by molar-refractivity contribution is -0.142. The van der Waals surface area contributed by atoms with Crippen LogP contribution < -0.4 is 5.32 Å². The molecule has 1 aliphatic rings. The molecule has 1 N–H and O–H groups in total.